The van der Waals surface area contributed by atoms with Gasteiger partial charge in [-0.25, -0.2) is 0 Å². The van der Waals surface area contributed by atoms with Gasteiger partial charge in [-0.2, -0.15) is 0 Å². The average Bonchev–Trinajstić information content (AvgIpc) is 2.78. The van der Waals surface area contributed by atoms with Gasteiger partial charge in [0, 0.05) is 0 Å². The van der Waals surface area contributed by atoms with E-state index in [0.717, 1.165) is 24.7 Å². The molecule has 136 valence electrons. The molecule has 2 nitrogen and oxygen atoms in total. The molecule has 0 heterocycles. The SMILES string of the molecule is BC1=C2C(CC(B)(B)C1=O)C1C(C)CC3(C)C(O)CCC3C1CC2(B)B. The molecule has 4 rings (SSSR count). The van der Waals surface area contributed by atoms with Gasteiger partial charge in [-0.05, 0) is 71.4 Å². The number of Topliss-reactive ketones (excluding diaryl/α,β-unsaturated/α-hetero) is 1. The van der Waals surface area contributed by atoms with Crippen LogP contribution in [0.4, 0.5) is 0 Å². The lowest BCUT2D eigenvalue weighted by Gasteiger charge is -2.61. The van der Waals surface area contributed by atoms with E-state index in [1.165, 1.54) is 18.4 Å². The van der Waals surface area contributed by atoms with Gasteiger partial charge >= 0.3 is 0 Å². The Balaban J connectivity index is 1.83. The molecular formula is C19H33B5O2. The molecule has 0 spiro atoms. The average molecular weight is 348 g/mol. The van der Waals surface area contributed by atoms with E-state index in [1.807, 2.05) is 0 Å². The highest BCUT2D eigenvalue weighted by Crippen LogP contribution is 2.68. The van der Waals surface area contributed by atoms with Crippen LogP contribution in [0.1, 0.15) is 46.0 Å². The zero-order valence-corrected chi connectivity index (χ0v) is 17.9. The molecule has 0 bridgehead atoms. The first kappa shape index (κ1) is 19.0. The molecule has 4 aliphatic carbocycles. The molecule has 0 aromatic carbocycles. The van der Waals surface area contributed by atoms with Crippen LogP contribution in [0.3, 0.4) is 0 Å². The second kappa shape index (κ2) is 5.61. The van der Waals surface area contributed by atoms with Crippen LogP contribution in [-0.4, -0.2) is 56.2 Å². The zero-order valence-electron chi connectivity index (χ0n) is 17.9. The first-order valence-electron chi connectivity index (χ1n) is 10.8. The maximum Gasteiger partial charge on any atom is 0.143 e. The number of rotatable bonds is 0. The van der Waals surface area contributed by atoms with Gasteiger partial charge in [-0.15, -0.1) is 0 Å². The number of aliphatic hydroxyl groups is 1. The van der Waals surface area contributed by atoms with Crippen molar-refractivity contribution < 1.29 is 9.90 Å². The normalized spacial score (nSPS) is 49.3. The second-order valence-electron chi connectivity index (χ2n) is 11.8. The molecule has 4 aliphatic rings. The van der Waals surface area contributed by atoms with Crippen molar-refractivity contribution in [2.75, 3.05) is 0 Å². The predicted octanol–water partition coefficient (Wildman–Crippen LogP) is -1.32. The van der Waals surface area contributed by atoms with Gasteiger partial charge < -0.3 is 5.11 Å². The Hall–Kier alpha value is -0.305. The van der Waals surface area contributed by atoms with Gasteiger partial charge in [-0.3, -0.25) is 4.79 Å². The van der Waals surface area contributed by atoms with E-state index in [9.17, 15) is 9.90 Å². The summed E-state index contributed by atoms with van der Waals surface area (Å²) in [4.78, 5) is 13.0. The van der Waals surface area contributed by atoms with E-state index in [-0.39, 0.29) is 21.9 Å². The van der Waals surface area contributed by atoms with E-state index in [2.05, 4.69) is 53.1 Å². The molecule has 26 heavy (non-hydrogen) atoms. The lowest BCUT2D eigenvalue weighted by molar-refractivity contribution is -0.118. The van der Waals surface area contributed by atoms with E-state index < -0.39 is 0 Å². The number of hydrogen-bond acceptors (Lipinski definition) is 2. The molecule has 0 amide bonds. The Morgan fingerprint density at radius 2 is 1.69 bits per heavy atom. The van der Waals surface area contributed by atoms with Crippen LogP contribution in [-0.2, 0) is 4.79 Å². The van der Waals surface area contributed by atoms with Crippen molar-refractivity contribution in [2.24, 2.45) is 35.0 Å². The summed E-state index contributed by atoms with van der Waals surface area (Å²) in [5.74, 6) is 3.58. The monoisotopic (exact) mass is 348 g/mol. The van der Waals surface area contributed by atoms with Crippen molar-refractivity contribution in [3.63, 3.8) is 0 Å². The Bertz CT molecular complexity index is 687. The van der Waals surface area contributed by atoms with Crippen LogP contribution in [0.25, 0.3) is 0 Å². The summed E-state index contributed by atoms with van der Waals surface area (Å²) < 4.78 is 0. The van der Waals surface area contributed by atoms with Gasteiger partial charge in [0.2, 0.25) is 0 Å². The molecule has 1 N–H and O–H groups in total. The highest BCUT2D eigenvalue weighted by Gasteiger charge is 2.61. The Morgan fingerprint density at radius 1 is 1.04 bits per heavy atom. The quantitative estimate of drug-likeness (QED) is 0.552. The summed E-state index contributed by atoms with van der Waals surface area (Å²) in [7, 11) is 11.2. The summed E-state index contributed by atoms with van der Waals surface area (Å²) in [5, 5.41) is 10.6. The van der Waals surface area contributed by atoms with Crippen LogP contribution < -0.4 is 0 Å². The van der Waals surface area contributed by atoms with Crippen molar-refractivity contribution in [1.82, 2.24) is 0 Å². The number of ketones is 1. The van der Waals surface area contributed by atoms with E-state index in [1.54, 1.807) is 0 Å². The van der Waals surface area contributed by atoms with Crippen molar-refractivity contribution in [2.45, 2.75) is 62.5 Å². The minimum Gasteiger partial charge on any atom is -0.393 e. The number of hydrogen-bond donors (Lipinski definition) is 1. The predicted molar refractivity (Wildman–Crippen MR) is 120 cm³/mol. The van der Waals surface area contributed by atoms with Crippen LogP contribution in [0.2, 0.25) is 10.4 Å². The second-order valence-corrected chi connectivity index (χ2v) is 11.8. The third kappa shape index (κ3) is 2.37. The van der Waals surface area contributed by atoms with E-state index >= 15 is 0 Å². The molecular weight excluding hydrogens is 314 g/mol. The number of allylic oxidation sites excluding steroid dienone is 1. The lowest BCUT2D eigenvalue weighted by Crippen LogP contribution is -2.55. The fourth-order valence-corrected chi connectivity index (χ4v) is 8.42. The van der Waals surface area contributed by atoms with Gasteiger partial charge in [0.25, 0.3) is 0 Å². The highest BCUT2D eigenvalue weighted by atomic mass is 16.3. The topological polar surface area (TPSA) is 37.3 Å². The van der Waals surface area contributed by atoms with Gasteiger partial charge in [-0.1, -0.05) is 31.1 Å². The molecule has 0 aromatic rings. The van der Waals surface area contributed by atoms with Crippen LogP contribution >= 0.6 is 0 Å². The third-order valence-electron chi connectivity index (χ3n) is 9.19. The summed E-state index contributed by atoms with van der Waals surface area (Å²) in [6, 6.07) is 0. The Morgan fingerprint density at radius 3 is 2.35 bits per heavy atom. The van der Waals surface area contributed by atoms with Crippen LogP contribution in [0, 0.1) is 35.0 Å². The van der Waals surface area contributed by atoms with Crippen LogP contribution in [0.5, 0.6) is 0 Å². The number of fused-ring (bicyclic) bond motifs is 5. The van der Waals surface area contributed by atoms with Crippen molar-refractivity contribution in [3.05, 3.63) is 11.0 Å². The van der Waals surface area contributed by atoms with Gasteiger partial charge in [0.05, 0.1) is 6.10 Å². The Labute approximate surface area is 163 Å². The smallest absolute Gasteiger partial charge is 0.143 e. The summed E-state index contributed by atoms with van der Waals surface area (Å²) in [5.41, 5.74) is 2.66. The van der Waals surface area contributed by atoms with Crippen molar-refractivity contribution in [3.8, 4) is 0 Å². The standard InChI is InChI=1S/C19H33B5O2/c1-8-5-17(2)11(3-4-12(17)25)9-6-18(21,22)14-10(13(8)9)7-19(23,24)16(26)15(14)20/h8-13,25H,3-7,20-24H2,1-2H3. The summed E-state index contributed by atoms with van der Waals surface area (Å²) >= 11 is 0. The number of aliphatic hydroxyl groups excluding tert-OH is 1. The highest BCUT2D eigenvalue weighted by molar-refractivity contribution is 6.58. The number of carbonyl (C=O) groups is 1. The number of carbonyl (C=O) groups excluding carboxylic acids is 1. The lowest BCUT2D eigenvalue weighted by atomic mass is 9.31. The molecule has 7 heteroatoms. The maximum absolute atomic E-state index is 13.0. The zero-order chi connectivity index (χ0) is 19.2. The molecule has 0 aromatic heterocycles. The van der Waals surface area contributed by atoms with E-state index in [4.69, 9.17) is 0 Å². The fraction of sp³-hybridized carbons (Fsp3) is 0.842. The molecule has 7 atom stereocenters. The fourth-order valence-electron chi connectivity index (χ4n) is 8.42. The van der Waals surface area contributed by atoms with E-state index in [0.29, 0.717) is 35.4 Å². The minimum atomic E-state index is -0.230. The minimum absolute atomic E-state index is 0.104. The molecule has 7 unspecified atom stereocenters. The molecule has 0 radical (unpaired) electrons. The maximum atomic E-state index is 13.0. The third-order valence-corrected chi connectivity index (χ3v) is 9.19. The molecule has 3 saturated carbocycles. The first-order valence-corrected chi connectivity index (χ1v) is 10.8. The van der Waals surface area contributed by atoms with Crippen molar-refractivity contribution in [1.29, 1.82) is 0 Å². The van der Waals surface area contributed by atoms with Gasteiger partial charge in [0.15, 0.2) is 0 Å². The van der Waals surface area contributed by atoms with Crippen LogP contribution in [0.15, 0.2) is 11.0 Å². The Kier molecular flexibility index (Phi) is 4.11. The largest absolute Gasteiger partial charge is 0.393 e. The molecule has 0 saturated heterocycles. The molecule has 3 fully saturated rings. The first-order chi connectivity index (χ1) is 11.9. The molecule has 0 aliphatic heterocycles. The van der Waals surface area contributed by atoms with Gasteiger partial charge in [0.1, 0.15) is 45.0 Å². The summed E-state index contributed by atoms with van der Waals surface area (Å²) in [6.45, 7) is 4.79. The summed E-state index contributed by atoms with van der Waals surface area (Å²) in [6.07, 6.45) is 5.40. The van der Waals surface area contributed by atoms with Crippen molar-refractivity contribution >= 4 is 45.0 Å².